The monoisotopic (exact) mass is 229 g/mol. The highest BCUT2D eigenvalue weighted by molar-refractivity contribution is 7.13. The lowest BCUT2D eigenvalue weighted by atomic mass is 10.2. The number of benzene rings is 1. The molecule has 0 saturated heterocycles. The molecule has 0 aliphatic heterocycles. The number of fused-ring (bicyclic) bond motifs is 1. The molecule has 0 atom stereocenters. The second-order valence-corrected chi connectivity index (χ2v) is 4.28. The minimum atomic E-state index is -0.0794. The Morgan fingerprint density at radius 1 is 1.12 bits per heavy atom. The van der Waals surface area contributed by atoms with Crippen molar-refractivity contribution in [2.24, 2.45) is 0 Å². The number of nitrogens with zero attached hydrogens (tertiary/aromatic N) is 1. The molecule has 3 nitrogen and oxygen atoms in total. The number of para-hydroxylation sites is 1. The fourth-order valence-corrected chi connectivity index (χ4v) is 2.27. The van der Waals surface area contributed by atoms with Gasteiger partial charge < -0.3 is 4.52 Å². The molecule has 0 aliphatic rings. The lowest BCUT2D eigenvalue weighted by Gasteiger charge is -1.97. The first-order valence-corrected chi connectivity index (χ1v) is 5.67. The molecule has 0 spiro atoms. The van der Waals surface area contributed by atoms with E-state index in [-0.39, 0.29) is 5.43 Å². The quantitative estimate of drug-likeness (QED) is 0.644. The van der Waals surface area contributed by atoms with Crippen molar-refractivity contribution in [3.05, 3.63) is 52.0 Å². The van der Waals surface area contributed by atoms with Gasteiger partial charge in [0.1, 0.15) is 0 Å². The molecule has 4 heteroatoms. The molecule has 0 aliphatic carbocycles. The van der Waals surface area contributed by atoms with E-state index in [1.807, 2.05) is 29.6 Å². The SMILES string of the molecule is O=c1c(-c2cccs2)noc2ccccc12. The Balaban J connectivity index is 2.37. The van der Waals surface area contributed by atoms with Gasteiger partial charge in [-0.1, -0.05) is 23.4 Å². The van der Waals surface area contributed by atoms with Gasteiger partial charge in [0.05, 0.1) is 10.3 Å². The summed E-state index contributed by atoms with van der Waals surface area (Å²) in [6.45, 7) is 0. The van der Waals surface area contributed by atoms with Gasteiger partial charge in [0.15, 0.2) is 11.3 Å². The zero-order valence-corrected chi connectivity index (χ0v) is 9.03. The second-order valence-electron chi connectivity index (χ2n) is 3.33. The zero-order valence-electron chi connectivity index (χ0n) is 8.21. The van der Waals surface area contributed by atoms with E-state index in [2.05, 4.69) is 5.16 Å². The summed E-state index contributed by atoms with van der Waals surface area (Å²) in [6, 6.07) is 10.9. The third-order valence-corrected chi connectivity index (χ3v) is 3.21. The van der Waals surface area contributed by atoms with E-state index in [1.165, 1.54) is 11.3 Å². The van der Waals surface area contributed by atoms with E-state index < -0.39 is 0 Å². The van der Waals surface area contributed by atoms with E-state index in [1.54, 1.807) is 12.1 Å². The molecular weight excluding hydrogens is 222 g/mol. The van der Waals surface area contributed by atoms with Gasteiger partial charge in [0.2, 0.25) is 5.43 Å². The molecule has 78 valence electrons. The molecule has 0 fully saturated rings. The Hall–Kier alpha value is -1.94. The second kappa shape index (κ2) is 3.57. The van der Waals surface area contributed by atoms with Crippen molar-refractivity contribution in [2.75, 3.05) is 0 Å². The standard InChI is InChI=1S/C12H7NO2S/c14-12-8-4-1-2-5-9(8)15-13-11(12)10-6-3-7-16-10/h1-7H. The van der Waals surface area contributed by atoms with E-state index in [0.717, 1.165) is 4.88 Å². The number of rotatable bonds is 1. The van der Waals surface area contributed by atoms with Gasteiger partial charge >= 0.3 is 0 Å². The topological polar surface area (TPSA) is 43.1 Å². The molecule has 2 aromatic heterocycles. The maximum atomic E-state index is 12.1. The van der Waals surface area contributed by atoms with E-state index in [0.29, 0.717) is 16.7 Å². The van der Waals surface area contributed by atoms with Gasteiger partial charge in [-0.3, -0.25) is 4.79 Å². The molecule has 0 saturated carbocycles. The normalized spacial score (nSPS) is 10.8. The summed E-state index contributed by atoms with van der Waals surface area (Å²) in [5, 5.41) is 6.35. The first-order chi connectivity index (χ1) is 7.86. The molecule has 1 aromatic carbocycles. The van der Waals surface area contributed by atoms with Gasteiger partial charge in [0, 0.05) is 0 Å². The van der Waals surface area contributed by atoms with Crippen molar-refractivity contribution in [2.45, 2.75) is 0 Å². The van der Waals surface area contributed by atoms with Crippen molar-refractivity contribution < 1.29 is 4.52 Å². The van der Waals surface area contributed by atoms with Crippen LogP contribution in [-0.2, 0) is 0 Å². The Labute approximate surface area is 94.9 Å². The average Bonchev–Trinajstić information content (AvgIpc) is 2.83. The average molecular weight is 229 g/mol. The smallest absolute Gasteiger partial charge is 0.220 e. The molecule has 0 amide bonds. The summed E-state index contributed by atoms with van der Waals surface area (Å²) in [5.41, 5.74) is 0.825. The Morgan fingerprint density at radius 2 is 2.00 bits per heavy atom. The van der Waals surface area contributed by atoms with Crippen molar-refractivity contribution in [1.29, 1.82) is 0 Å². The Bertz CT molecular complexity index is 686. The Morgan fingerprint density at radius 3 is 2.81 bits per heavy atom. The highest BCUT2D eigenvalue weighted by Gasteiger charge is 2.10. The minimum Gasteiger partial charge on any atom is -0.355 e. The number of hydrogen-bond donors (Lipinski definition) is 0. The number of aromatic nitrogens is 1. The first kappa shape index (κ1) is 9.30. The van der Waals surface area contributed by atoms with E-state index in [4.69, 9.17) is 4.52 Å². The van der Waals surface area contributed by atoms with Gasteiger partial charge in [-0.25, -0.2) is 0 Å². The van der Waals surface area contributed by atoms with E-state index >= 15 is 0 Å². The predicted molar refractivity (Wildman–Crippen MR) is 63.6 cm³/mol. The molecule has 16 heavy (non-hydrogen) atoms. The van der Waals surface area contributed by atoms with E-state index in [9.17, 15) is 4.79 Å². The molecule has 0 unspecified atom stereocenters. The third-order valence-electron chi connectivity index (χ3n) is 2.34. The summed E-state index contributed by atoms with van der Waals surface area (Å²) >= 11 is 1.48. The van der Waals surface area contributed by atoms with Crippen LogP contribution in [0, 0.1) is 0 Å². The maximum Gasteiger partial charge on any atom is 0.220 e. The maximum absolute atomic E-state index is 12.1. The van der Waals surface area contributed by atoms with Crippen LogP contribution in [0.15, 0.2) is 51.1 Å². The lowest BCUT2D eigenvalue weighted by Crippen LogP contribution is -2.06. The van der Waals surface area contributed by atoms with Gasteiger partial charge in [-0.2, -0.15) is 0 Å². The predicted octanol–water partition coefficient (Wildman–Crippen LogP) is 2.92. The van der Waals surface area contributed by atoms with Crippen LogP contribution >= 0.6 is 11.3 Å². The Kier molecular flexibility index (Phi) is 2.08. The van der Waals surface area contributed by atoms with Crippen LogP contribution in [-0.4, -0.2) is 5.16 Å². The van der Waals surface area contributed by atoms with Crippen LogP contribution in [0.25, 0.3) is 21.5 Å². The molecular formula is C12H7NO2S. The van der Waals surface area contributed by atoms with Crippen molar-refractivity contribution in [3.8, 4) is 10.6 Å². The minimum absolute atomic E-state index is 0.0794. The summed E-state index contributed by atoms with van der Waals surface area (Å²) in [5.74, 6) is 0. The van der Waals surface area contributed by atoms with Crippen molar-refractivity contribution in [3.63, 3.8) is 0 Å². The largest absolute Gasteiger partial charge is 0.355 e. The van der Waals surface area contributed by atoms with Crippen LogP contribution in [0.1, 0.15) is 0 Å². The van der Waals surface area contributed by atoms with Gasteiger partial charge in [-0.05, 0) is 23.6 Å². The summed E-state index contributed by atoms with van der Waals surface area (Å²) in [7, 11) is 0. The molecule has 2 heterocycles. The highest BCUT2D eigenvalue weighted by Crippen LogP contribution is 2.21. The third kappa shape index (κ3) is 1.35. The zero-order chi connectivity index (χ0) is 11.0. The lowest BCUT2D eigenvalue weighted by molar-refractivity contribution is 0.445. The van der Waals surface area contributed by atoms with Crippen LogP contribution < -0.4 is 5.43 Å². The van der Waals surface area contributed by atoms with Crippen LogP contribution in [0.5, 0.6) is 0 Å². The fourth-order valence-electron chi connectivity index (χ4n) is 1.57. The van der Waals surface area contributed by atoms with Crippen LogP contribution in [0.2, 0.25) is 0 Å². The molecule has 3 aromatic rings. The summed E-state index contributed by atoms with van der Waals surface area (Å²) in [4.78, 5) is 12.9. The summed E-state index contributed by atoms with van der Waals surface area (Å²) < 4.78 is 5.20. The van der Waals surface area contributed by atoms with Crippen molar-refractivity contribution >= 4 is 22.3 Å². The van der Waals surface area contributed by atoms with Gasteiger partial charge in [-0.15, -0.1) is 11.3 Å². The number of thiophene rings is 1. The fraction of sp³-hybridized carbons (Fsp3) is 0. The van der Waals surface area contributed by atoms with Gasteiger partial charge in [0.25, 0.3) is 0 Å². The summed E-state index contributed by atoms with van der Waals surface area (Å²) in [6.07, 6.45) is 0. The molecule has 3 rings (SSSR count). The molecule has 0 N–H and O–H groups in total. The molecule has 0 bridgehead atoms. The highest BCUT2D eigenvalue weighted by atomic mass is 32.1. The van der Waals surface area contributed by atoms with Crippen LogP contribution in [0.4, 0.5) is 0 Å². The van der Waals surface area contributed by atoms with Crippen molar-refractivity contribution in [1.82, 2.24) is 5.16 Å². The molecule has 0 radical (unpaired) electrons. The first-order valence-electron chi connectivity index (χ1n) is 4.79. The van der Waals surface area contributed by atoms with Crippen LogP contribution in [0.3, 0.4) is 0 Å². The number of hydrogen-bond acceptors (Lipinski definition) is 4.